The molecule has 176 valence electrons. The van der Waals surface area contributed by atoms with E-state index in [9.17, 15) is 9.59 Å². The Labute approximate surface area is 192 Å². The van der Waals surface area contributed by atoms with E-state index in [1.165, 1.54) is 19.3 Å². The number of unbranched alkanes of at least 4 members (excludes halogenated alkanes) is 1. The molecule has 2 fully saturated rings. The molecule has 32 heavy (non-hydrogen) atoms. The number of ether oxygens (including phenoxy) is 2. The molecule has 1 unspecified atom stereocenters. The van der Waals surface area contributed by atoms with Gasteiger partial charge >= 0.3 is 0 Å². The van der Waals surface area contributed by atoms with E-state index in [0.717, 1.165) is 44.1 Å². The number of nitrogens with zero attached hydrogens (tertiary/aromatic N) is 1. The first kappa shape index (κ1) is 24.1. The Hall–Kier alpha value is -2.50. The molecule has 1 aliphatic carbocycles. The molecule has 3 rings (SSSR count). The topological polar surface area (TPSA) is 67.9 Å². The fourth-order valence-electron chi connectivity index (χ4n) is 4.46. The number of rotatable bonds is 9. The van der Waals surface area contributed by atoms with Crippen molar-refractivity contribution in [3.8, 4) is 11.5 Å². The highest BCUT2D eigenvalue weighted by molar-refractivity contribution is 5.92. The highest BCUT2D eigenvalue weighted by Gasteiger charge is 2.29. The van der Waals surface area contributed by atoms with Gasteiger partial charge in [0.05, 0.1) is 19.6 Å². The van der Waals surface area contributed by atoms with Crippen LogP contribution in [-0.4, -0.2) is 49.6 Å². The van der Waals surface area contributed by atoms with Gasteiger partial charge in [-0.1, -0.05) is 38.7 Å². The summed E-state index contributed by atoms with van der Waals surface area (Å²) in [6, 6.07) is 5.99. The van der Waals surface area contributed by atoms with Crippen LogP contribution >= 0.6 is 0 Å². The van der Waals surface area contributed by atoms with Gasteiger partial charge in [-0.15, -0.1) is 0 Å². The molecule has 0 spiro atoms. The molecule has 1 aromatic rings. The first-order chi connectivity index (χ1) is 15.6. The van der Waals surface area contributed by atoms with Crippen LogP contribution in [0.3, 0.4) is 0 Å². The average molecular weight is 443 g/mol. The van der Waals surface area contributed by atoms with Gasteiger partial charge in [-0.25, -0.2) is 0 Å². The molecule has 0 bridgehead atoms. The van der Waals surface area contributed by atoms with Crippen molar-refractivity contribution < 1.29 is 19.1 Å². The van der Waals surface area contributed by atoms with E-state index in [1.54, 1.807) is 24.2 Å². The highest BCUT2D eigenvalue weighted by atomic mass is 16.5. The maximum absolute atomic E-state index is 12.8. The zero-order valence-electron chi connectivity index (χ0n) is 19.6. The standard InChI is InChI=1S/C26H38N2O4/c1-3-4-17-32-23-14-12-20(18-24(23)31-2)13-15-25(29)28-16-8-9-21(19-28)26(30)27-22-10-6-5-7-11-22/h12-15,18,21-22H,3-11,16-17,19H2,1-2H3,(H,27,30)/b15-13+. The second kappa shape index (κ2) is 12.5. The van der Waals surface area contributed by atoms with Crippen molar-refractivity contribution in [3.05, 3.63) is 29.8 Å². The van der Waals surface area contributed by atoms with E-state index in [-0.39, 0.29) is 17.7 Å². The maximum atomic E-state index is 12.8. The SMILES string of the molecule is CCCCOc1ccc(/C=C/C(=O)N2CCCC(C(=O)NC3CCCCC3)C2)cc1OC. The summed E-state index contributed by atoms with van der Waals surface area (Å²) in [5, 5.41) is 3.22. The van der Waals surface area contributed by atoms with Gasteiger partial charge in [0, 0.05) is 25.2 Å². The predicted molar refractivity (Wildman–Crippen MR) is 127 cm³/mol. The van der Waals surface area contributed by atoms with E-state index in [2.05, 4.69) is 12.2 Å². The monoisotopic (exact) mass is 442 g/mol. The maximum Gasteiger partial charge on any atom is 0.246 e. The van der Waals surface area contributed by atoms with Crippen molar-refractivity contribution in [2.45, 2.75) is 70.8 Å². The molecule has 0 aromatic heterocycles. The van der Waals surface area contributed by atoms with Crippen LogP contribution in [0.5, 0.6) is 11.5 Å². The van der Waals surface area contributed by atoms with Gasteiger partial charge in [0.25, 0.3) is 0 Å². The van der Waals surface area contributed by atoms with Crippen molar-refractivity contribution in [1.82, 2.24) is 10.2 Å². The number of carbonyl (C=O) groups excluding carboxylic acids is 2. The van der Waals surface area contributed by atoms with Gasteiger partial charge in [-0.05, 0) is 55.9 Å². The number of piperidine rings is 1. The first-order valence-corrected chi connectivity index (χ1v) is 12.2. The van der Waals surface area contributed by atoms with Crippen LogP contribution < -0.4 is 14.8 Å². The fraction of sp³-hybridized carbons (Fsp3) is 0.615. The average Bonchev–Trinajstić information content (AvgIpc) is 2.83. The molecule has 6 heteroatoms. The molecule has 0 radical (unpaired) electrons. The second-order valence-corrected chi connectivity index (χ2v) is 8.91. The number of benzene rings is 1. The van der Waals surface area contributed by atoms with Crippen LogP contribution in [0.25, 0.3) is 6.08 Å². The minimum absolute atomic E-state index is 0.0533. The number of amides is 2. The molecule has 1 saturated heterocycles. The minimum Gasteiger partial charge on any atom is -0.493 e. The van der Waals surface area contributed by atoms with Gasteiger partial charge in [0.1, 0.15) is 0 Å². The van der Waals surface area contributed by atoms with Crippen molar-refractivity contribution in [1.29, 1.82) is 0 Å². The Kier molecular flexibility index (Phi) is 9.44. The van der Waals surface area contributed by atoms with Crippen molar-refractivity contribution in [3.63, 3.8) is 0 Å². The van der Waals surface area contributed by atoms with Crippen LogP contribution in [0, 0.1) is 5.92 Å². The molecule has 1 saturated carbocycles. The highest BCUT2D eigenvalue weighted by Crippen LogP contribution is 2.29. The fourth-order valence-corrected chi connectivity index (χ4v) is 4.46. The van der Waals surface area contributed by atoms with Crippen LogP contribution in [-0.2, 0) is 9.59 Å². The summed E-state index contributed by atoms with van der Waals surface area (Å²) in [4.78, 5) is 27.3. The number of likely N-dealkylation sites (tertiary alicyclic amines) is 1. The zero-order valence-corrected chi connectivity index (χ0v) is 19.6. The number of hydrogen-bond donors (Lipinski definition) is 1. The lowest BCUT2D eigenvalue weighted by molar-refractivity contribution is -0.132. The molecular weight excluding hydrogens is 404 g/mol. The number of methoxy groups -OCH3 is 1. The third-order valence-electron chi connectivity index (χ3n) is 6.42. The molecule has 1 aromatic carbocycles. The molecule has 1 N–H and O–H groups in total. The quantitative estimate of drug-likeness (QED) is 0.449. The van der Waals surface area contributed by atoms with E-state index in [4.69, 9.17) is 9.47 Å². The summed E-state index contributed by atoms with van der Waals surface area (Å²) in [7, 11) is 1.62. The summed E-state index contributed by atoms with van der Waals surface area (Å²) in [6.45, 7) is 3.98. The smallest absolute Gasteiger partial charge is 0.246 e. The van der Waals surface area contributed by atoms with Gasteiger partial charge < -0.3 is 19.7 Å². The molecule has 1 atom stereocenters. The third-order valence-corrected chi connectivity index (χ3v) is 6.42. The van der Waals surface area contributed by atoms with Crippen molar-refractivity contribution in [2.75, 3.05) is 26.8 Å². The molecule has 6 nitrogen and oxygen atoms in total. The Balaban J connectivity index is 1.54. The third kappa shape index (κ3) is 7.01. The van der Waals surface area contributed by atoms with Crippen LogP contribution in [0.4, 0.5) is 0 Å². The van der Waals surface area contributed by atoms with Gasteiger partial charge in [0.15, 0.2) is 11.5 Å². The summed E-state index contributed by atoms with van der Waals surface area (Å²) < 4.78 is 11.2. The van der Waals surface area contributed by atoms with E-state index < -0.39 is 0 Å². The summed E-state index contributed by atoms with van der Waals surface area (Å²) in [5.74, 6) is 1.33. The van der Waals surface area contributed by atoms with Crippen molar-refractivity contribution >= 4 is 17.9 Å². The Bertz CT molecular complexity index is 786. The Morgan fingerprint density at radius 1 is 1.12 bits per heavy atom. The number of nitrogens with one attached hydrogen (secondary N) is 1. The van der Waals surface area contributed by atoms with Gasteiger partial charge in [-0.3, -0.25) is 9.59 Å². The van der Waals surface area contributed by atoms with E-state index in [1.807, 2.05) is 18.2 Å². The van der Waals surface area contributed by atoms with E-state index in [0.29, 0.717) is 37.2 Å². The lowest BCUT2D eigenvalue weighted by atomic mass is 9.93. The Morgan fingerprint density at radius 2 is 1.94 bits per heavy atom. The van der Waals surface area contributed by atoms with Crippen LogP contribution in [0.1, 0.15) is 70.3 Å². The number of carbonyl (C=O) groups is 2. The lowest BCUT2D eigenvalue weighted by Gasteiger charge is -2.33. The summed E-state index contributed by atoms with van der Waals surface area (Å²) >= 11 is 0. The molecule has 2 amide bonds. The molecular formula is C26H38N2O4. The van der Waals surface area contributed by atoms with E-state index >= 15 is 0 Å². The largest absolute Gasteiger partial charge is 0.493 e. The lowest BCUT2D eigenvalue weighted by Crippen LogP contribution is -2.47. The Morgan fingerprint density at radius 3 is 2.69 bits per heavy atom. The first-order valence-electron chi connectivity index (χ1n) is 12.2. The molecule has 1 heterocycles. The number of hydrogen-bond acceptors (Lipinski definition) is 4. The van der Waals surface area contributed by atoms with Crippen LogP contribution in [0.15, 0.2) is 24.3 Å². The van der Waals surface area contributed by atoms with Crippen molar-refractivity contribution in [2.24, 2.45) is 5.92 Å². The predicted octanol–water partition coefficient (Wildman–Crippen LogP) is 4.57. The molecule has 1 aliphatic heterocycles. The minimum atomic E-state index is -0.109. The zero-order chi connectivity index (χ0) is 22.8. The molecule has 2 aliphatic rings. The summed E-state index contributed by atoms with van der Waals surface area (Å²) in [5.41, 5.74) is 0.877. The second-order valence-electron chi connectivity index (χ2n) is 8.91. The van der Waals surface area contributed by atoms with Gasteiger partial charge in [-0.2, -0.15) is 0 Å². The van der Waals surface area contributed by atoms with Gasteiger partial charge in [0.2, 0.25) is 11.8 Å². The summed E-state index contributed by atoms with van der Waals surface area (Å²) in [6.07, 6.45) is 13.0. The van der Waals surface area contributed by atoms with Crippen LogP contribution in [0.2, 0.25) is 0 Å². The normalized spacial score (nSPS) is 19.7.